The van der Waals surface area contributed by atoms with E-state index in [1.54, 1.807) is 0 Å². The van der Waals surface area contributed by atoms with Gasteiger partial charge >= 0.3 is 0 Å². The van der Waals surface area contributed by atoms with Crippen molar-refractivity contribution in [2.24, 2.45) is 0 Å². The molecule has 0 saturated carbocycles. The lowest BCUT2D eigenvalue weighted by atomic mass is 10.0. The molecule has 76 valence electrons. The molecular formula is C10H11BrClNS. The van der Waals surface area contributed by atoms with Crippen molar-refractivity contribution in [1.29, 1.82) is 0 Å². The van der Waals surface area contributed by atoms with Crippen molar-refractivity contribution in [3.05, 3.63) is 27.2 Å². The van der Waals surface area contributed by atoms with Crippen LogP contribution in [0.4, 0.5) is 5.69 Å². The van der Waals surface area contributed by atoms with Crippen LogP contribution in [-0.2, 0) is 4.75 Å². The van der Waals surface area contributed by atoms with Gasteiger partial charge in [-0.3, -0.25) is 0 Å². The van der Waals surface area contributed by atoms with Crippen molar-refractivity contribution in [1.82, 2.24) is 0 Å². The van der Waals surface area contributed by atoms with Gasteiger partial charge < -0.3 is 4.90 Å². The summed E-state index contributed by atoms with van der Waals surface area (Å²) in [6, 6.07) is 3.96. The number of benzene rings is 1. The monoisotopic (exact) mass is 291 g/mol. The molecule has 1 aliphatic heterocycles. The Morgan fingerprint density at radius 1 is 1.57 bits per heavy atom. The average molecular weight is 293 g/mol. The number of hydrogen-bond donors (Lipinski definition) is 1. The second kappa shape index (κ2) is 3.32. The molecular weight excluding hydrogens is 282 g/mol. The van der Waals surface area contributed by atoms with Crippen molar-refractivity contribution in [3.8, 4) is 0 Å². The minimum absolute atomic E-state index is 0.131. The van der Waals surface area contributed by atoms with Gasteiger partial charge in [-0.2, -0.15) is 12.6 Å². The minimum atomic E-state index is -0.131. The summed E-state index contributed by atoms with van der Waals surface area (Å²) in [5.74, 6) is 0. The second-order valence-electron chi connectivity index (χ2n) is 3.89. The van der Waals surface area contributed by atoms with Crippen LogP contribution in [0.15, 0.2) is 16.6 Å². The quantitative estimate of drug-likeness (QED) is 0.714. The molecule has 1 atom stereocenters. The fraction of sp³-hybridized carbons (Fsp3) is 0.400. The normalized spacial score (nSPS) is 25.4. The predicted octanol–water partition coefficient (Wildman–Crippen LogP) is 3.70. The van der Waals surface area contributed by atoms with Crippen molar-refractivity contribution in [2.45, 2.75) is 11.7 Å². The first-order valence-corrected chi connectivity index (χ1v) is 5.97. The molecule has 0 saturated heterocycles. The number of rotatable bonds is 0. The molecule has 0 aliphatic carbocycles. The van der Waals surface area contributed by atoms with Gasteiger partial charge in [0.15, 0.2) is 0 Å². The lowest BCUT2D eigenvalue weighted by molar-refractivity contribution is 0.733. The fourth-order valence-electron chi connectivity index (χ4n) is 2.00. The van der Waals surface area contributed by atoms with Gasteiger partial charge in [-0.15, -0.1) is 0 Å². The van der Waals surface area contributed by atoms with E-state index in [0.29, 0.717) is 0 Å². The molecule has 14 heavy (non-hydrogen) atoms. The SMILES string of the molecule is CN1CC(C)(S)c2c1ccc(Cl)c2Br. The van der Waals surface area contributed by atoms with E-state index in [9.17, 15) is 0 Å². The first-order chi connectivity index (χ1) is 6.43. The van der Waals surface area contributed by atoms with E-state index >= 15 is 0 Å². The molecule has 1 aromatic rings. The Labute approximate surface area is 103 Å². The molecule has 0 fully saturated rings. The Hall–Kier alpha value is 0.140. The predicted molar refractivity (Wildman–Crippen MR) is 68.8 cm³/mol. The van der Waals surface area contributed by atoms with Crippen molar-refractivity contribution < 1.29 is 0 Å². The third kappa shape index (κ3) is 1.46. The number of halogens is 2. The highest BCUT2D eigenvalue weighted by Crippen LogP contribution is 2.48. The van der Waals surface area contributed by atoms with Crippen LogP contribution in [0.25, 0.3) is 0 Å². The van der Waals surface area contributed by atoms with E-state index < -0.39 is 0 Å². The largest absolute Gasteiger partial charge is 0.373 e. The van der Waals surface area contributed by atoms with Gasteiger partial charge in [0.05, 0.1) is 9.77 Å². The number of likely N-dealkylation sites (N-methyl/N-ethyl adjacent to an activating group) is 1. The number of fused-ring (bicyclic) bond motifs is 1. The summed E-state index contributed by atoms with van der Waals surface area (Å²) in [5.41, 5.74) is 2.40. The number of nitrogens with zero attached hydrogens (tertiary/aromatic N) is 1. The summed E-state index contributed by atoms with van der Waals surface area (Å²) in [5, 5.41) is 0.749. The van der Waals surface area contributed by atoms with Gasteiger partial charge in [0.1, 0.15) is 0 Å². The summed E-state index contributed by atoms with van der Waals surface area (Å²) >= 11 is 14.3. The van der Waals surface area contributed by atoms with Gasteiger partial charge in [-0.25, -0.2) is 0 Å². The van der Waals surface area contributed by atoms with E-state index in [-0.39, 0.29) is 4.75 Å². The van der Waals surface area contributed by atoms with Crippen LogP contribution in [0.1, 0.15) is 12.5 Å². The van der Waals surface area contributed by atoms with Crippen LogP contribution in [-0.4, -0.2) is 13.6 Å². The van der Waals surface area contributed by atoms with Crippen molar-refractivity contribution in [2.75, 3.05) is 18.5 Å². The van der Waals surface area contributed by atoms with Crippen LogP contribution in [0.3, 0.4) is 0 Å². The molecule has 0 N–H and O–H groups in total. The summed E-state index contributed by atoms with van der Waals surface area (Å²) in [7, 11) is 2.07. The standard InChI is InChI=1S/C10H11BrClNS/c1-10(14)5-13(2)7-4-3-6(12)9(11)8(7)10/h3-4,14H,5H2,1-2H3. The molecule has 1 nitrogen and oxygen atoms in total. The Morgan fingerprint density at radius 3 is 2.86 bits per heavy atom. The first-order valence-electron chi connectivity index (χ1n) is 4.35. The molecule has 1 aromatic carbocycles. The van der Waals surface area contributed by atoms with Gasteiger partial charge in [0.2, 0.25) is 0 Å². The van der Waals surface area contributed by atoms with E-state index in [2.05, 4.69) is 47.4 Å². The average Bonchev–Trinajstić information content (AvgIpc) is 2.29. The van der Waals surface area contributed by atoms with E-state index in [4.69, 9.17) is 11.6 Å². The highest BCUT2D eigenvalue weighted by Gasteiger charge is 2.36. The molecule has 1 aliphatic rings. The fourth-order valence-corrected chi connectivity index (χ4v) is 3.52. The smallest absolute Gasteiger partial charge is 0.0556 e. The molecule has 0 radical (unpaired) electrons. The summed E-state index contributed by atoms with van der Waals surface area (Å²) in [4.78, 5) is 2.20. The van der Waals surface area contributed by atoms with Crippen LogP contribution < -0.4 is 4.90 Å². The maximum absolute atomic E-state index is 6.07. The minimum Gasteiger partial charge on any atom is -0.373 e. The Bertz CT molecular complexity index is 392. The highest BCUT2D eigenvalue weighted by molar-refractivity contribution is 9.10. The third-order valence-corrected chi connectivity index (χ3v) is 4.30. The Kier molecular flexibility index (Phi) is 2.53. The molecule has 0 amide bonds. The van der Waals surface area contributed by atoms with E-state index in [1.807, 2.05) is 12.1 Å². The van der Waals surface area contributed by atoms with Gasteiger partial charge in [-0.1, -0.05) is 11.6 Å². The Morgan fingerprint density at radius 2 is 2.21 bits per heavy atom. The van der Waals surface area contributed by atoms with E-state index in [1.165, 1.54) is 11.3 Å². The molecule has 4 heteroatoms. The summed E-state index contributed by atoms with van der Waals surface area (Å²) in [6.07, 6.45) is 0. The summed E-state index contributed by atoms with van der Waals surface area (Å²) in [6.45, 7) is 3.02. The Balaban J connectivity index is 2.70. The molecule has 0 spiro atoms. The van der Waals surface area contributed by atoms with E-state index in [0.717, 1.165) is 16.0 Å². The van der Waals surface area contributed by atoms with Crippen LogP contribution in [0, 0.1) is 0 Å². The molecule has 1 heterocycles. The zero-order chi connectivity index (χ0) is 10.5. The van der Waals surface area contributed by atoms with Gasteiger partial charge in [0.25, 0.3) is 0 Å². The first kappa shape index (κ1) is 10.7. The molecule has 0 bridgehead atoms. The zero-order valence-corrected chi connectivity index (χ0v) is 11.2. The number of anilines is 1. The number of hydrogen-bond acceptors (Lipinski definition) is 2. The maximum Gasteiger partial charge on any atom is 0.0556 e. The topological polar surface area (TPSA) is 3.24 Å². The van der Waals surface area contributed by atoms with Crippen molar-refractivity contribution >= 4 is 45.8 Å². The number of thiol groups is 1. The lowest BCUT2D eigenvalue weighted by Crippen LogP contribution is -2.23. The third-order valence-electron chi connectivity index (χ3n) is 2.57. The molecule has 0 aromatic heterocycles. The van der Waals surface area contributed by atoms with Gasteiger partial charge in [-0.05, 0) is 35.0 Å². The maximum atomic E-state index is 6.07. The zero-order valence-electron chi connectivity index (χ0n) is 8.01. The van der Waals surface area contributed by atoms with Gasteiger partial charge in [0, 0.05) is 29.3 Å². The lowest BCUT2D eigenvalue weighted by Gasteiger charge is -2.18. The summed E-state index contributed by atoms with van der Waals surface area (Å²) < 4.78 is 0.840. The van der Waals surface area contributed by atoms with Crippen LogP contribution >= 0.6 is 40.2 Å². The molecule has 2 rings (SSSR count). The highest BCUT2D eigenvalue weighted by atomic mass is 79.9. The van der Waals surface area contributed by atoms with Crippen molar-refractivity contribution in [3.63, 3.8) is 0 Å². The van der Waals surface area contributed by atoms with Crippen LogP contribution in [0.5, 0.6) is 0 Å². The molecule has 1 unspecified atom stereocenters. The van der Waals surface area contributed by atoms with Crippen LogP contribution in [0.2, 0.25) is 5.02 Å². The second-order valence-corrected chi connectivity index (χ2v) is 6.07.